The van der Waals surface area contributed by atoms with Crippen LogP contribution in [0.1, 0.15) is 12.8 Å². The standard InChI is InChI=1S/C20H23N7O/c1-26-19(17(13-23-26)15-5-3-2-4-6-15)25-20(28)24-16-7-11-27(12-8-16)18-14-21-9-10-22-18/h2-6,9-10,13-14,16H,7-8,11-12H2,1H3,(H2,24,25,28). The van der Waals surface area contributed by atoms with Crippen LogP contribution in [0.15, 0.2) is 55.1 Å². The fraction of sp³-hybridized carbons (Fsp3) is 0.300. The SMILES string of the molecule is Cn1ncc(-c2ccccc2)c1NC(=O)NC1CCN(c2cnccn2)CC1. The van der Waals surface area contributed by atoms with Crippen molar-refractivity contribution in [3.8, 4) is 11.1 Å². The monoisotopic (exact) mass is 377 g/mol. The third kappa shape index (κ3) is 3.95. The number of urea groups is 1. The van der Waals surface area contributed by atoms with Crippen LogP contribution in [0.2, 0.25) is 0 Å². The van der Waals surface area contributed by atoms with Crippen molar-refractivity contribution in [1.29, 1.82) is 0 Å². The van der Waals surface area contributed by atoms with Gasteiger partial charge in [-0.3, -0.25) is 15.0 Å². The maximum Gasteiger partial charge on any atom is 0.320 e. The third-order valence-electron chi connectivity index (χ3n) is 4.96. The van der Waals surface area contributed by atoms with Gasteiger partial charge in [-0.1, -0.05) is 30.3 Å². The Bertz CT molecular complexity index is 918. The Kier molecular flexibility index (Phi) is 5.18. The van der Waals surface area contributed by atoms with Gasteiger partial charge in [-0.25, -0.2) is 9.78 Å². The number of piperidine rings is 1. The molecule has 2 aromatic heterocycles. The second-order valence-corrected chi connectivity index (χ2v) is 6.82. The molecule has 1 fully saturated rings. The van der Waals surface area contributed by atoms with E-state index in [9.17, 15) is 4.79 Å². The van der Waals surface area contributed by atoms with Crippen LogP contribution in [0.3, 0.4) is 0 Å². The zero-order chi connectivity index (χ0) is 19.3. The number of aryl methyl sites for hydroxylation is 1. The summed E-state index contributed by atoms with van der Waals surface area (Å²) in [7, 11) is 1.82. The largest absolute Gasteiger partial charge is 0.355 e. The summed E-state index contributed by atoms with van der Waals surface area (Å²) in [5.41, 5.74) is 1.92. The molecule has 0 unspecified atom stereocenters. The fourth-order valence-corrected chi connectivity index (χ4v) is 3.45. The zero-order valence-electron chi connectivity index (χ0n) is 15.7. The van der Waals surface area contributed by atoms with Gasteiger partial charge in [-0.15, -0.1) is 0 Å². The van der Waals surface area contributed by atoms with E-state index in [0.717, 1.165) is 42.9 Å². The van der Waals surface area contributed by atoms with Gasteiger partial charge in [0.25, 0.3) is 0 Å². The lowest BCUT2D eigenvalue weighted by Gasteiger charge is -2.32. The number of amides is 2. The smallest absolute Gasteiger partial charge is 0.320 e. The molecule has 0 atom stereocenters. The van der Waals surface area contributed by atoms with Gasteiger partial charge in [-0.05, 0) is 18.4 Å². The van der Waals surface area contributed by atoms with Crippen molar-refractivity contribution in [1.82, 2.24) is 25.1 Å². The Morgan fingerprint density at radius 3 is 2.61 bits per heavy atom. The fourth-order valence-electron chi connectivity index (χ4n) is 3.45. The lowest BCUT2D eigenvalue weighted by Crippen LogP contribution is -2.46. The van der Waals surface area contributed by atoms with E-state index in [0.29, 0.717) is 5.82 Å². The number of hydrogen-bond donors (Lipinski definition) is 2. The third-order valence-corrected chi connectivity index (χ3v) is 4.96. The van der Waals surface area contributed by atoms with Crippen LogP contribution in [0.4, 0.5) is 16.4 Å². The van der Waals surface area contributed by atoms with Crippen LogP contribution >= 0.6 is 0 Å². The predicted octanol–water partition coefficient (Wildman–Crippen LogP) is 2.67. The summed E-state index contributed by atoms with van der Waals surface area (Å²) < 4.78 is 1.68. The highest BCUT2D eigenvalue weighted by Crippen LogP contribution is 2.27. The molecule has 0 aliphatic carbocycles. The molecule has 1 aliphatic heterocycles. The molecule has 0 bridgehead atoms. The molecule has 2 amide bonds. The zero-order valence-corrected chi connectivity index (χ0v) is 15.7. The molecular formula is C20H23N7O. The molecule has 8 heteroatoms. The van der Waals surface area contributed by atoms with Crippen LogP contribution in [0, 0.1) is 0 Å². The van der Waals surface area contributed by atoms with E-state index >= 15 is 0 Å². The van der Waals surface area contributed by atoms with Crippen molar-refractivity contribution in [3.63, 3.8) is 0 Å². The van der Waals surface area contributed by atoms with Gasteiger partial charge in [0.1, 0.15) is 11.6 Å². The first-order valence-electron chi connectivity index (χ1n) is 9.36. The molecule has 8 nitrogen and oxygen atoms in total. The molecule has 0 saturated carbocycles. The van der Waals surface area contributed by atoms with E-state index in [1.165, 1.54) is 0 Å². The maximum absolute atomic E-state index is 12.6. The Morgan fingerprint density at radius 1 is 1.11 bits per heavy atom. The number of carbonyl (C=O) groups is 1. The number of carbonyl (C=O) groups excluding carboxylic acids is 1. The highest BCUT2D eigenvalue weighted by Gasteiger charge is 2.22. The van der Waals surface area contributed by atoms with Crippen molar-refractivity contribution >= 4 is 17.7 Å². The van der Waals surface area contributed by atoms with E-state index in [4.69, 9.17) is 0 Å². The highest BCUT2D eigenvalue weighted by molar-refractivity contribution is 5.93. The maximum atomic E-state index is 12.6. The molecule has 0 spiro atoms. The first kappa shape index (κ1) is 18.0. The summed E-state index contributed by atoms with van der Waals surface area (Å²) in [6, 6.07) is 9.83. The van der Waals surface area contributed by atoms with Gasteiger partial charge in [-0.2, -0.15) is 5.10 Å². The lowest BCUT2D eigenvalue weighted by atomic mass is 10.1. The van der Waals surface area contributed by atoms with Crippen LogP contribution in [0.25, 0.3) is 11.1 Å². The average Bonchev–Trinajstić information content (AvgIpc) is 3.10. The number of nitrogens with zero attached hydrogens (tertiary/aromatic N) is 5. The molecule has 2 N–H and O–H groups in total. The van der Waals surface area contributed by atoms with Gasteiger partial charge in [0.15, 0.2) is 0 Å². The summed E-state index contributed by atoms with van der Waals surface area (Å²) in [5, 5.41) is 10.3. The number of benzene rings is 1. The second-order valence-electron chi connectivity index (χ2n) is 6.82. The molecule has 3 heterocycles. The van der Waals surface area contributed by atoms with E-state index in [2.05, 4.69) is 30.6 Å². The van der Waals surface area contributed by atoms with Crippen molar-refractivity contribution in [2.24, 2.45) is 7.05 Å². The van der Waals surface area contributed by atoms with Crippen LogP contribution in [-0.2, 0) is 7.05 Å². The molecule has 1 aromatic carbocycles. The van der Waals surface area contributed by atoms with Gasteiger partial charge in [0.05, 0.1) is 12.4 Å². The quantitative estimate of drug-likeness (QED) is 0.730. The summed E-state index contributed by atoms with van der Waals surface area (Å²) in [6.07, 6.45) is 8.63. The minimum Gasteiger partial charge on any atom is -0.355 e. The van der Waals surface area contributed by atoms with Gasteiger partial charge < -0.3 is 10.2 Å². The van der Waals surface area contributed by atoms with Gasteiger partial charge in [0.2, 0.25) is 0 Å². The average molecular weight is 377 g/mol. The molecule has 0 radical (unpaired) electrons. The summed E-state index contributed by atoms with van der Waals surface area (Å²) in [4.78, 5) is 23.2. The van der Waals surface area contributed by atoms with Gasteiger partial charge >= 0.3 is 6.03 Å². The number of aromatic nitrogens is 4. The van der Waals surface area contributed by atoms with E-state index in [1.54, 1.807) is 29.5 Å². The highest BCUT2D eigenvalue weighted by atomic mass is 16.2. The number of anilines is 2. The first-order chi connectivity index (χ1) is 13.7. The first-order valence-corrected chi connectivity index (χ1v) is 9.36. The normalized spacial score (nSPS) is 14.7. The van der Waals surface area contributed by atoms with E-state index < -0.39 is 0 Å². The van der Waals surface area contributed by atoms with Crippen LogP contribution in [0.5, 0.6) is 0 Å². The second kappa shape index (κ2) is 8.08. The molecule has 1 aliphatic rings. The minimum atomic E-state index is -0.210. The van der Waals surface area contributed by atoms with Crippen molar-refractivity contribution in [2.45, 2.75) is 18.9 Å². The lowest BCUT2D eigenvalue weighted by molar-refractivity contribution is 0.245. The molecule has 28 heavy (non-hydrogen) atoms. The van der Waals surface area contributed by atoms with E-state index in [1.807, 2.05) is 37.4 Å². The van der Waals surface area contributed by atoms with Crippen molar-refractivity contribution < 1.29 is 4.79 Å². The number of nitrogens with one attached hydrogen (secondary N) is 2. The summed E-state index contributed by atoms with van der Waals surface area (Å²) in [6.45, 7) is 1.68. The molecule has 1 saturated heterocycles. The molecule has 144 valence electrons. The van der Waals surface area contributed by atoms with Crippen LogP contribution < -0.4 is 15.5 Å². The number of hydrogen-bond acceptors (Lipinski definition) is 5. The predicted molar refractivity (Wildman–Crippen MR) is 108 cm³/mol. The topological polar surface area (TPSA) is 88.0 Å². The molecule has 3 aromatic rings. The van der Waals surface area contributed by atoms with Crippen molar-refractivity contribution in [2.75, 3.05) is 23.3 Å². The van der Waals surface area contributed by atoms with Gasteiger partial charge in [0, 0.05) is 44.1 Å². The number of rotatable bonds is 4. The molecule has 4 rings (SSSR count). The Balaban J connectivity index is 1.35. The Labute approximate surface area is 163 Å². The Hall–Kier alpha value is -3.42. The summed E-state index contributed by atoms with van der Waals surface area (Å²) >= 11 is 0. The molecular weight excluding hydrogens is 354 g/mol. The van der Waals surface area contributed by atoms with Crippen LogP contribution in [-0.4, -0.2) is 44.9 Å². The van der Waals surface area contributed by atoms with E-state index in [-0.39, 0.29) is 12.1 Å². The van der Waals surface area contributed by atoms with Crippen molar-refractivity contribution in [3.05, 3.63) is 55.1 Å². The Morgan fingerprint density at radius 2 is 1.89 bits per heavy atom. The summed E-state index contributed by atoms with van der Waals surface area (Å²) in [5.74, 6) is 1.56. The minimum absolute atomic E-state index is 0.126.